The summed E-state index contributed by atoms with van der Waals surface area (Å²) in [6, 6.07) is 0. The van der Waals surface area contributed by atoms with Gasteiger partial charge in [0.2, 0.25) is 0 Å². The van der Waals surface area contributed by atoms with Crippen LogP contribution in [0.15, 0.2) is 0 Å². The zero-order valence-electron chi connectivity index (χ0n) is 6.03. The number of hydrogen-bond acceptors (Lipinski definition) is 0. The molecule has 9 heavy (non-hydrogen) atoms. The molecule has 0 spiro atoms. The largest absolute Gasteiger partial charge is 0.258 e. The highest BCUT2D eigenvalue weighted by atomic mass is 14.5. The van der Waals surface area contributed by atoms with Gasteiger partial charge in [0.25, 0.3) is 0 Å². The van der Waals surface area contributed by atoms with Gasteiger partial charge in [0.05, 0.1) is 0 Å². The van der Waals surface area contributed by atoms with E-state index in [0.717, 1.165) is 12.3 Å². The van der Waals surface area contributed by atoms with Crippen LogP contribution in [0.1, 0.15) is 38.5 Å². The highest BCUT2D eigenvalue weighted by molar-refractivity contribution is 4.65. The summed E-state index contributed by atoms with van der Waals surface area (Å²) in [6.45, 7) is 0.644. The van der Waals surface area contributed by atoms with Crippen molar-refractivity contribution in [3.05, 3.63) is 0 Å². The van der Waals surface area contributed by atoms with Crippen LogP contribution in [0.4, 0.5) is 0 Å². The van der Waals surface area contributed by atoms with E-state index in [1.165, 1.54) is 32.1 Å². The Bertz CT molecular complexity index is 62.2. The molecule has 1 N–H and O–H groups in total. The van der Waals surface area contributed by atoms with Crippen LogP contribution < -0.4 is 5.73 Å². The summed E-state index contributed by atoms with van der Waals surface area (Å²) >= 11 is 0. The van der Waals surface area contributed by atoms with Crippen molar-refractivity contribution in [2.24, 2.45) is 5.92 Å². The Morgan fingerprint density at radius 3 is 2.33 bits per heavy atom. The summed E-state index contributed by atoms with van der Waals surface area (Å²) in [6.07, 6.45) is 8.24. The van der Waals surface area contributed by atoms with E-state index in [4.69, 9.17) is 5.73 Å². The third kappa shape index (κ3) is 2.35. The van der Waals surface area contributed by atoms with Crippen LogP contribution in [0.25, 0.3) is 0 Å². The van der Waals surface area contributed by atoms with E-state index in [0.29, 0.717) is 6.54 Å². The van der Waals surface area contributed by atoms with E-state index < -0.39 is 0 Å². The first-order valence-corrected chi connectivity index (χ1v) is 4.08. The van der Waals surface area contributed by atoms with Crippen molar-refractivity contribution in [3.8, 4) is 0 Å². The molecule has 53 valence electrons. The van der Waals surface area contributed by atoms with Crippen molar-refractivity contribution in [1.82, 2.24) is 5.73 Å². The molecule has 1 aliphatic carbocycles. The Hall–Kier alpha value is -0.0400. The molecule has 0 aromatic heterocycles. The second-order valence-corrected chi connectivity index (χ2v) is 3.04. The quantitative estimate of drug-likeness (QED) is 0.542. The Morgan fingerprint density at radius 1 is 1.11 bits per heavy atom. The third-order valence-electron chi connectivity index (χ3n) is 2.28. The minimum atomic E-state index is 0.644. The molecule has 1 nitrogen and oxygen atoms in total. The summed E-state index contributed by atoms with van der Waals surface area (Å²) in [5.74, 6) is 0.913. The summed E-state index contributed by atoms with van der Waals surface area (Å²) in [4.78, 5) is 0. The van der Waals surface area contributed by atoms with Gasteiger partial charge < -0.3 is 0 Å². The summed E-state index contributed by atoms with van der Waals surface area (Å²) in [5.41, 5.74) is 7.04. The van der Waals surface area contributed by atoms with E-state index in [1.807, 2.05) is 0 Å². The highest BCUT2D eigenvalue weighted by Gasteiger charge is 2.11. The molecule has 0 heterocycles. The summed E-state index contributed by atoms with van der Waals surface area (Å²) in [7, 11) is 0. The Kier molecular flexibility index (Phi) is 3.05. The molecule has 1 radical (unpaired) electrons. The molecule has 0 saturated heterocycles. The molecular weight excluding hydrogens is 110 g/mol. The van der Waals surface area contributed by atoms with Crippen LogP contribution in [0.3, 0.4) is 0 Å². The van der Waals surface area contributed by atoms with Gasteiger partial charge in [0.15, 0.2) is 0 Å². The first-order chi connectivity index (χ1) is 4.43. The minimum absolute atomic E-state index is 0.644. The van der Waals surface area contributed by atoms with Crippen LogP contribution in [0.5, 0.6) is 0 Å². The van der Waals surface area contributed by atoms with Crippen molar-refractivity contribution in [2.75, 3.05) is 6.54 Å². The average molecular weight is 126 g/mol. The van der Waals surface area contributed by atoms with Crippen LogP contribution in [-0.2, 0) is 0 Å². The van der Waals surface area contributed by atoms with Gasteiger partial charge in [-0.1, -0.05) is 32.1 Å². The summed E-state index contributed by atoms with van der Waals surface area (Å²) < 4.78 is 0. The SMILES string of the molecule is [NH]CCC1CCCCC1. The molecule has 1 saturated carbocycles. The molecule has 0 atom stereocenters. The molecule has 0 bridgehead atoms. The topological polar surface area (TPSA) is 23.8 Å². The van der Waals surface area contributed by atoms with Crippen LogP contribution >= 0.6 is 0 Å². The lowest BCUT2D eigenvalue weighted by atomic mass is 9.87. The van der Waals surface area contributed by atoms with Gasteiger partial charge >= 0.3 is 0 Å². The summed E-state index contributed by atoms with van der Waals surface area (Å²) in [5, 5.41) is 0. The predicted molar refractivity (Wildman–Crippen MR) is 39.2 cm³/mol. The van der Waals surface area contributed by atoms with Gasteiger partial charge in [0, 0.05) is 6.54 Å². The minimum Gasteiger partial charge on any atom is -0.258 e. The first-order valence-electron chi connectivity index (χ1n) is 4.08. The van der Waals surface area contributed by atoms with Crippen LogP contribution in [-0.4, -0.2) is 6.54 Å². The zero-order chi connectivity index (χ0) is 6.53. The Labute approximate surface area is 57.6 Å². The molecule has 0 unspecified atom stereocenters. The molecule has 1 rings (SSSR count). The van der Waals surface area contributed by atoms with Gasteiger partial charge in [0.1, 0.15) is 0 Å². The van der Waals surface area contributed by atoms with Crippen LogP contribution in [0, 0.1) is 5.92 Å². The van der Waals surface area contributed by atoms with Gasteiger partial charge in [-0.15, -0.1) is 0 Å². The Balaban J connectivity index is 2.08. The highest BCUT2D eigenvalue weighted by Crippen LogP contribution is 2.25. The monoisotopic (exact) mass is 126 g/mol. The van der Waals surface area contributed by atoms with Crippen molar-refractivity contribution in [3.63, 3.8) is 0 Å². The van der Waals surface area contributed by atoms with Crippen LogP contribution in [0.2, 0.25) is 0 Å². The van der Waals surface area contributed by atoms with Crippen molar-refractivity contribution in [1.29, 1.82) is 0 Å². The molecule has 0 aliphatic heterocycles. The molecule has 0 aromatic carbocycles. The van der Waals surface area contributed by atoms with Crippen molar-refractivity contribution >= 4 is 0 Å². The molecule has 1 heteroatoms. The lowest BCUT2D eigenvalue weighted by Gasteiger charge is -2.19. The van der Waals surface area contributed by atoms with Gasteiger partial charge in [-0.25, -0.2) is 0 Å². The van der Waals surface area contributed by atoms with Crippen molar-refractivity contribution < 1.29 is 0 Å². The molecule has 0 aromatic rings. The maximum atomic E-state index is 7.04. The maximum absolute atomic E-state index is 7.04. The fourth-order valence-corrected chi connectivity index (χ4v) is 1.68. The maximum Gasteiger partial charge on any atom is 0.0102 e. The second-order valence-electron chi connectivity index (χ2n) is 3.04. The smallest absolute Gasteiger partial charge is 0.0102 e. The lowest BCUT2D eigenvalue weighted by molar-refractivity contribution is 0.342. The first kappa shape index (κ1) is 7.07. The molecule has 0 amide bonds. The molecule has 1 fully saturated rings. The van der Waals surface area contributed by atoms with E-state index >= 15 is 0 Å². The molecular formula is C8H16N. The number of hydrogen-bond donors (Lipinski definition) is 0. The van der Waals surface area contributed by atoms with E-state index in [1.54, 1.807) is 0 Å². The van der Waals surface area contributed by atoms with Gasteiger partial charge in [-0.3, -0.25) is 5.73 Å². The van der Waals surface area contributed by atoms with Gasteiger partial charge in [-0.2, -0.15) is 0 Å². The number of rotatable bonds is 2. The average Bonchev–Trinajstić information content (AvgIpc) is 1.91. The normalized spacial score (nSPS) is 22.3. The second kappa shape index (κ2) is 3.89. The standard InChI is InChI=1S/C8H16N/c9-7-6-8-4-2-1-3-5-8/h8-9H,1-7H2. The number of nitrogens with one attached hydrogen (secondary N) is 1. The van der Waals surface area contributed by atoms with E-state index in [9.17, 15) is 0 Å². The molecule has 1 aliphatic rings. The Morgan fingerprint density at radius 2 is 1.78 bits per heavy atom. The van der Waals surface area contributed by atoms with E-state index in [-0.39, 0.29) is 0 Å². The van der Waals surface area contributed by atoms with Crippen molar-refractivity contribution in [2.45, 2.75) is 38.5 Å². The predicted octanol–water partition coefficient (Wildman–Crippen LogP) is 2.24. The fourth-order valence-electron chi connectivity index (χ4n) is 1.68. The lowest BCUT2D eigenvalue weighted by Crippen LogP contribution is -2.07. The van der Waals surface area contributed by atoms with E-state index in [2.05, 4.69) is 0 Å². The zero-order valence-corrected chi connectivity index (χ0v) is 6.03. The third-order valence-corrected chi connectivity index (χ3v) is 2.28. The van der Waals surface area contributed by atoms with Gasteiger partial charge in [-0.05, 0) is 12.3 Å². The fraction of sp³-hybridized carbons (Fsp3) is 1.00.